The molecule has 1 aliphatic heterocycles. The van der Waals surface area contributed by atoms with Gasteiger partial charge in [-0.15, -0.1) is 6.42 Å². The van der Waals surface area contributed by atoms with E-state index in [0.29, 0.717) is 43.3 Å². The summed E-state index contributed by atoms with van der Waals surface area (Å²) in [6.07, 6.45) is 7.49. The summed E-state index contributed by atoms with van der Waals surface area (Å²) in [5.74, 6) is 1.76. The van der Waals surface area contributed by atoms with Gasteiger partial charge in [0.2, 0.25) is 5.95 Å². The number of carbonyl (C=O) groups is 2. The van der Waals surface area contributed by atoms with Crippen molar-refractivity contribution in [2.45, 2.75) is 12.8 Å². The minimum Gasteiger partial charge on any atom is -0.491 e. The second kappa shape index (κ2) is 14.3. The van der Waals surface area contributed by atoms with E-state index in [2.05, 4.69) is 31.8 Å². The first-order valence-corrected chi connectivity index (χ1v) is 13.6. The van der Waals surface area contributed by atoms with Crippen LogP contribution in [0.25, 0.3) is 0 Å². The monoisotopic (exact) mass is 595 g/mol. The number of fused-ring (bicyclic) bond motifs is 1. The van der Waals surface area contributed by atoms with Crippen molar-refractivity contribution in [1.29, 1.82) is 0 Å². The Balaban J connectivity index is 1.51. The number of carbonyl (C=O) groups excluding carboxylic acids is 2. The van der Waals surface area contributed by atoms with E-state index < -0.39 is 17.8 Å². The maximum atomic E-state index is 14.8. The number of nitrogens with one attached hydrogen (secondary N) is 3. The highest BCUT2D eigenvalue weighted by Crippen LogP contribution is 2.35. The van der Waals surface area contributed by atoms with Crippen molar-refractivity contribution in [2.24, 2.45) is 0 Å². The SMILES string of the molecule is C#CCNC(=O)c1cccc(F)c1Nc1nc(Nc2ccc3c(c2)OCCCN3C(=O)OCCCN(C)C)ncc1Cl. The van der Waals surface area contributed by atoms with Crippen LogP contribution in [0.4, 0.5) is 38.0 Å². The summed E-state index contributed by atoms with van der Waals surface area (Å²) in [6, 6.07) is 9.28. The lowest BCUT2D eigenvalue weighted by Gasteiger charge is -2.22. The van der Waals surface area contributed by atoms with Gasteiger partial charge in [0.15, 0.2) is 5.82 Å². The van der Waals surface area contributed by atoms with Crippen molar-refractivity contribution in [2.75, 3.05) is 62.5 Å². The highest BCUT2D eigenvalue weighted by atomic mass is 35.5. The molecular weight excluding hydrogens is 565 g/mol. The molecule has 0 spiro atoms. The molecule has 2 heterocycles. The molecule has 3 N–H and O–H groups in total. The molecule has 2 aromatic carbocycles. The van der Waals surface area contributed by atoms with E-state index in [1.807, 2.05) is 19.0 Å². The maximum Gasteiger partial charge on any atom is 0.414 e. The third kappa shape index (κ3) is 7.78. The number of ether oxygens (including phenoxy) is 2. The standard InChI is InChI=1S/C29H31ClFN7O4/c1-4-12-32-27(39)20-8-5-9-22(31)25(20)35-26-21(30)18-33-28(36-26)34-19-10-11-23-24(17-19)41-15-7-14-38(23)29(40)42-16-6-13-37(2)3/h1,5,8-11,17-18H,6-7,12-16H2,2-3H3,(H,32,39)(H2,33,34,35,36). The topological polar surface area (TPSA) is 121 Å². The van der Waals surface area contributed by atoms with Gasteiger partial charge in [-0.1, -0.05) is 23.6 Å². The number of hydrogen-bond donors (Lipinski definition) is 3. The lowest BCUT2D eigenvalue weighted by Crippen LogP contribution is -2.32. The molecule has 3 aromatic rings. The van der Waals surface area contributed by atoms with E-state index >= 15 is 0 Å². The second-order valence-electron chi connectivity index (χ2n) is 9.50. The Bertz CT molecular complexity index is 1480. The van der Waals surface area contributed by atoms with Gasteiger partial charge in [-0.05, 0) is 51.2 Å². The summed E-state index contributed by atoms with van der Waals surface area (Å²) in [5, 5.41) is 8.48. The third-order valence-corrected chi connectivity index (χ3v) is 6.36. The van der Waals surface area contributed by atoms with Gasteiger partial charge in [-0.25, -0.2) is 14.2 Å². The molecule has 0 radical (unpaired) electrons. The van der Waals surface area contributed by atoms with E-state index in [-0.39, 0.29) is 34.6 Å². The largest absolute Gasteiger partial charge is 0.491 e. The van der Waals surface area contributed by atoms with E-state index in [4.69, 9.17) is 27.5 Å². The fourth-order valence-corrected chi connectivity index (χ4v) is 4.23. The Kier molecular flexibility index (Phi) is 10.4. The minimum atomic E-state index is -0.684. The van der Waals surface area contributed by atoms with Gasteiger partial charge in [-0.2, -0.15) is 4.98 Å². The third-order valence-electron chi connectivity index (χ3n) is 6.08. The van der Waals surface area contributed by atoms with Crippen molar-refractivity contribution in [3.63, 3.8) is 0 Å². The molecule has 1 aromatic heterocycles. The summed E-state index contributed by atoms with van der Waals surface area (Å²) in [6.45, 7) is 2.00. The van der Waals surface area contributed by atoms with Crippen molar-refractivity contribution in [1.82, 2.24) is 20.2 Å². The number of rotatable bonds is 10. The predicted molar refractivity (Wildman–Crippen MR) is 160 cm³/mol. The molecule has 13 heteroatoms. The van der Waals surface area contributed by atoms with Crippen molar-refractivity contribution >= 4 is 52.4 Å². The van der Waals surface area contributed by atoms with E-state index in [9.17, 15) is 14.0 Å². The zero-order chi connectivity index (χ0) is 30.1. The number of hydrogen-bond acceptors (Lipinski definition) is 9. The fraction of sp³-hybridized carbons (Fsp3) is 0.310. The first-order valence-electron chi connectivity index (χ1n) is 13.2. The molecule has 0 saturated carbocycles. The molecule has 220 valence electrons. The number of anilines is 5. The van der Waals surface area contributed by atoms with Crippen LogP contribution in [0, 0.1) is 18.2 Å². The summed E-state index contributed by atoms with van der Waals surface area (Å²) in [7, 11) is 3.93. The molecule has 11 nitrogen and oxygen atoms in total. The molecule has 0 aliphatic carbocycles. The Hall–Kier alpha value is -4.60. The smallest absolute Gasteiger partial charge is 0.414 e. The van der Waals surface area contributed by atoms with Crippen molar-refractivity contribution in [3.05, 3.63) is 59.0 Å². The summed E-state index contributed by atoms with van der Waals surface area (Å²) >= 11 is 6.30. The molecule has 1 aliphatic rings. The predicted octanol–water partition coefficient (Wildman–Crippen LogP) is 4.80. The first kappa shape index (κ1) is 30.4. The summed E-state index contributed by atoms with van der Waals surface area (Å²) in [5.41, 5.74) is 1.07. The second-order valence-corrected chi connectivity index (χ2v) is 9.90. The Labute approximate surface area is 248 Å². The minimum absolute atomic E-state index is 0.0165. The highest BCUT2D eigenvalue weighted by Gasteiger charge is 2.24. The van der Waals surface area contributed by atoms with Crippen LogP contribution in [0.3, 0.4) is 0 Å². The highest BCUT2D eigenvalue weighted by molar-refractivity contribution is 6.33. The van der Waals surface area contributed by atoms with Gasteiger partial charge in [0.1, 0.15) is 16.6 Å². The normalized spacial score (nSPS) is 12.4. The van der Waals surface area contributed by atoms with Gasteiger partial charge >= 0.3 is 6.09 Å². The molecule has 0 saturated heterocycles. The summed E-state index contributed by atoms with van der Waals surface area (Å²) in [4.78, 5) is 37.5. The Morgan fingerprint density at radius 1 is 1.26 bits per heavy atom. The van der Waals surface area contributed by atoms with Gasteiger partial charge in [0.05, 0.1) is 42.9 Å². The Morgan fingerprint density at radius 3 is 2.88 bits per heavy atom. The number of para-hydroxylation sites is 1. The van der Waals surface area contributed by atoms with Crippen molar-refractivity contribution < 1.29 is 23.5 Å². The molecular formula is C29H31ClFN7O4. The van der Waals surface area contributed by atoms with Gasteiger partial charge in [0, 0.05) is 24.8 Å². The zero-order valence-electron chi connectivity index (χ0n) is 23.2. The van der Waals surface area contributed by atoms with E-state index in [1.165, 1.54) is 24.4 Å². The quantitative estimate of drug-likeness (QED) is 0.224. The van der Waals surface area contributed by atoms with Gasteiger partial charge in [0.25, 0.3) is 5.91 Å². The fourth-order valence-electron chi connectivity index (χ4n) is 4.09. The van der Waals surface area contributed by atoms with E-state index in [1.54, 1.807) is 23.1 Å². The van der Waals surface area contributed by atoms with Crippen molar-refractivity contribution in [3.8, 4) is 18.1 Å². The number of halogens is 2. The zero-order valence-corrected chi connectivity index (χ0v) is 24.0. The van der Waals surface area contributed by atoms with Crippen LogP contribution < -0.4 is 25.6 Å². The number of amides is 2. The van der Waals surface area contributed by atoms with Crippen LogP contribution in [0.15, 0.2) is 42.6 Å². The van der Waals surface area contributed by atoms with E-state index in [0.717, 1.165) is 13.0 Å². The van der Waals surface area contributed by atoms with Gasteiger partial charge in [-0.3, -0.25) is 9.69 Å². The average Bonchev–Trinajstić information content (AvgIpc) is 3.18. The van der Waals surface area contributed by atoms with Gasteiger partial charge < -0.3 is 30.3 Å². The van der Waals surface area contributed by atoms with Crippen LogP contribution in [-0.4, -0.2) is 73.8 Å². The van der Waals surface area contributed by atoms with Crippen LogP contribution in [0.5, 0.6) is 5.75 Å². The molecule has 2 amide bonds. The number of aromatic nitrogens is 2. The molecule has 4 rings (SSSR count). The molecule has 42 heavy (non-hydrogen) atoms. The van der Waals surface area contributed by atoms with Crippen LogP contribution in [0.1, 0.15) is 23.2 Å². The molecule has 0 atom stereocenters. The van der Waals surface area contributed by atoms with Crippen LogP contribution >= 0.6 is 11.6 Å². The molecule has 0 fully saturated rings. The molecule has 0 unspecified atom stereocenters. The Morgan fingerprint density at radius 2 is 2.10 bits per heavy atom. The lowest BCUT2D eigenvalue weighted by atomic mass is 10.1. The lowest BCUT2D eigenvalue weighted by molar-refractivity contribution is 0.0959. The number of benzene rings is 2. The average molecular weight is 596 g/mol. The number of nitrogens with zero attached hydrogens (tertiary/aromatic N) is 4. The maximum absolute atomic E-state index is 14.8. The van der Waals surface area contributed by atoms with Crippen LogP contribution in [-0.2, 0) is 4.74 Å². The first-order chi connectivity index (χ1) is 20.3. The number of terminal acetylenes is 1. The summed E-state index contributed by atoms with van der Waals surface area (Å²) < 4.78 is 26.1. The van der Waals surface area contributed by atoms with Crippen LogP contribution in [0.2, 0.25) is 5.02 Å². The molecule has 0 bridgehead atoms.